The van der Waals surface area contributed by atoms with Gasteiger partial charge in [0.05, 0.1) is 22.2 Å². The van der Waals surface area contributed by atoms with Gasteiger partial charge < -0.3 is 14.0 Å². The van der Waals surface area contributed by atoms with Crippen molar-refractivity contribution < 1.29 is 19.0 Å². The zero-order chi connectivity index (χ0) is 18.9. The largest absolute Gasteiger partial charge is 0.495 e. The van der Waals surface area contributed by atoms with E-state index in [1.54, 1.807) is 6.07 Å². The first kappa shape index (κ1) is 18.4. The monoisotopic (exact) mass is 355 g/mol. The first-order valence-corrected chi connectivity index (χ1v) is 8.50. The van der Waals surface area contributed by atoms with Gasteiger partial charge in [-0.3, -0.25) is 10.1 Å². The molecule has 1 fully saturated rings. The molecule has 0 saturated carbocycles. The van der Waals surface area contributed by atoms with Crippen molar-refractivity contribution >= 4 is 18.3 Å². The highest BCUT2D eigenvalue weighted by atomic mass is 16.7. The van der Waals surface area contributed by atoms with Gasteiger partial charge >= 0.3 is 7.12 Å². The molecule has 1 aliphatic rings. The van der Waals surface area contributed by atoms with Crippen LogP contribution in [-0.2, 0) is 15.9 Å². The van der Waals surface area contributed by atoms with Gasteiger partial charge in [0.2, 0.25) is 0 Å². The molecular formula is C19H22BNO5. The van der Waals surface area contributed by atoms with Crippen molar-refractivity contribution in [2.24, 2.45) is 0 Å². The molecule has 0 aliphatic carbocycles. The standard InChI is InChI=1S/C19H22BNO5/c1-18(2)19(3,4)26-20(25-18)15-10-16(21(22)23)12-17(11-15)24-13-14-8-6-5-7-9-14/h5-12H,13H2,1-4H3. The van der Waals surface area contributed by atoms with Crippen LogP contribution in [-0.4, -0.2) is 23.2 Å². The third-order valence-corrected chi connectivity index (χ3v) is 4.90. The smallest absolute Gasteiger partial charge is 0.489 e. The molecule has 0 spiro atoms. The molecule has 1 heterocycles. The average molecular weight is 355 g/mol. The van der Waals surface area contributed by atoms with Gasteiger partial charge in [-0.05, 0) is 44.8 Å². The Morgan fingerprint density at radius 2 is 1.65 bits per heavy atom. The highest BCUT2D eigenvalue weighted by Crippen LogP contribution is 2.37. The van der Waals surface area contributed by atoms with Crippen LogP contribution in [0.4, 0.5) is 5.69 Å². The number of hydrogen-bond acceptors (Lipinski definition) is 5. The van der Waals surface area contributed by atoms with Crippen LogP contribution in [0.15, 0.2) is 48.5 Å². The predicted molar refractivity (Wildman–Crippen MR) is 99.6 cm³/mol. The summed E-state index contributed by atoms with van der Waals surface area (Å²) in [6.45, 7) is 8.09. The maximum Gasteiger partial charge on any atom is 0.495 e. The molecule has 0 atom stereocenters. The molecule has 136 valence electrons. The Kier molecular flexibility index (Phi) is 4.77. The Balaban J connectivity index is 1.86. The molecule has 1 saturated heterocycles. The van der Waals surface area contributed by atoms with Crippen LogP contribution in [0.3, 0.4) is 0 Å². The van der Waals surface area contributed by atoms with E-state index in [9.17, 15) is 10.1 Å². The van der Waals surface area contributed by atoms with E-state index in [0.29, 0.717) is 17.8 Å². The van der Waals surface area contributed by atoms with Crippen molar-refractivity contribution in [2.75, 3.05) is 0 Å². The van der Waals surface area contributed by atoms with Crippen LogP contribution in [0.5, 0.6) is 5.75 Å². The highest BCUT2D eigenvalue weighted by molar-refractivity contribution is 6.62. The van der Waals surface area contributed by atoms with Crippen molar-refractivity contribution in [1.29, 1.82) is 0 Å². The maximum atomic E-state index is 11.3. The molecule has 2 aromatic carbocycles. The molecule has 0 N–H and O–H groups in total. The van der Waals surface area contributed by atoms with Crippen molar-refractivity contribution in [3.63, 3.8) is 0 Å². The lowest BCUT2D eigenvalue weighted by atomic mass is 9.79. The summed E-state index contributed by atoms with van der Waals surface area (Å²) in [7, 11) is -0.682. The topological polar surface area (TPSA) is 70.8 Å². The Morgan fingerprint density at radius 3 is 2.23 bits per heavy atom. The SMILES string of the molecule is CC1(C)OB(c2cc(OCc3ccccc3)cc([N+](=O)[O-])c2)OC1(C)C. The van der Waals surface area contributed by atoms with Crippen LogP contribution in [0.1, 0.15) is 33.3 Å². The van der Waals surface area contributed by atoms with Crippen molar-refractivity contribution in [1.82, 2.24) is 0 Å². The molecule has 2 aromatic rings. The van der Waals surface area contributed by atoms with Gasteiger partial charge in [-0.2, -0.15) is 0 Å². The van der Waals surface area contributed by atoms with Gasteiger partial charge in [-0.15, -0.1) is 0 Å². The van der Waals surface area contributed by atoms with Crippen LogP contribution in [0.2, 0.25) is 0 Å². The van der Waals surface area contributed by atoms with Crippen molar-refractivity contribution in [3.05, 3.63) is 64.2 Å². The summed E-state index contributed by atoms with van der Waals surface area (Å²) in [5, 5.41) is 11.3. The van der Waals surface area contributed by atoms with Gasteiger partial charge in [0, 0.05) is 6.07 Å². The Labute approximate surface area is 153 Å². The Bertz CT molecular complexity index is 791. The Hall–Kier alpha value is -2.38. The number of benzene rings is 2. The van der Waals surface area contributed by atoms with Crippen LogP contribution < -0.4 is 10.2 Å². The minimum Gasteiger partial charge on any atom is -0.489 e. The summed E-state index contributed by atoms with van der Waals surface area (Å²) in [5.41, 5.74) is 0.457. The van der Waals surface area contributed by atoms with Crippen molar-refractivity contribution in [3.8, 4) is 5.75 Å². The zero-order valence-electron chi connectivity index (χ0n) is 15.4. The number of hydrogen-bond donors (Lipinski definition) is 0. The lowest BCUT2D eigenvalue weighted by Gasteiger charge is -2.32. The average Bonchev–Trinajstić information content (AvgIpc) is 2.81. The van der Waals surface area contributed by atoms with E-state index in [1.807, 2.05) is 58.0 Å². The molecule has 7 heteroatoms. The fourth-order valence-electron chi connectivity index (χ4n) is 2.65. The van der Waals surface area contributed by atoms with Gasteiger partial charge in [0.15, 0.2) is 0 Å². The third-order valence-electron chi connectivity index (χ3n) is 4.90. The molecule has 3 rings (SSSR count). The maximum absolute atomic E-state index is 11.3. The minimum atomic E-state index is -0.682. The van der Waals surface area contributed by atoms with Gasteiger partial charge in [0.1, 0.15) is 12.4 Å². The van der Waals surface area contributed by atoms with E-state index in [4.69, 9.17) is 14.0 Å². The summed E-state index contributed by atoms with van der Waals surface area (Å²) < 4.78 is 17.8. The van der Waals surface area contributed by atoms with E-state index in [1.165, 1.54) is 12.1 Å². The summed E-state index contributed by atoms with van der Waals surface area (Å²) in [5.74, 6) is 0.410. The summed E-state index contributed by atoms with van der Waals surface area (Å²) >= 11 is 0. The normalized spacial score (nSPS) is 17.9. The van der Waals surface area contributed by atoms with E-state index < -0.39 is 23.2 Å². The fourth-order valence-corrected chi connectivity index (χ4v) is 2.65. The number of nitro benzene ring substituents is 1. The molecular weight excluding hydrogens is 333 g/mol. The molecule has 0 amide bonds. The van der Waals surface area contributed by atoms with Crippen LogP contribution >= 0.6 is 0 Å². The Morgan fingerprint density at radius 1 is 1.04 bits per heavy atom. The number of non-ortho nitro benzene ring substituents is 1. The van der Waals surface area contributed by atoms with Gasteiger partial charge in [-0.1, -0.05) is 30.3 Å². The molecule has 0 unspecified atom stereocenters. The van der Waals surface area contributed by atoms with Gasteiger partial charge in [-0.25, -0.2) is 0 Å². The quantitative estimate of drug-likeness (QED) is 0.467. The first-order chi connectivity index (χ1) is 12.2. The van der Waals surface area contributed by atoms with Gasteiger partial charge in [0.25, 0.3) is 5.69 Å². The van der Waals surface area contributed by atoms with E-state index in [0.717, 1.165) is 5.56 Å². The lowest BCUT2D eigenvalue weighted by molar-refractivity contribution is -0.384. The molecule has 1 aliphatic heterocycles. The number of nitrogens with zero attached hydrogens (tertiary/aromatic N) is 1. The summed E-state index contributed by atoms with van der Waals surface area (Å²) in [4.78, 5) is 10.9. The molecule has 0 bridgehead atoms. The minimum absolute atomic E-state index is 0.0553. The molecule has 0 aromatic heterocycles. The first-order valence-electron chi connectivity index (χ1n) is 8.50. The molecule has 6 nitrogen and oxygen atoms in total. The number of ether oxygens (including phenoxy) is 1. The summed E-state index contributed by atoms with van der Waals surface area (Å²) in [6.07, 6.45) is 0. The lowest BCUT2D eigenvalue weighted by Crippen LogP contribution is -2.41. The van der Waals surface area contributed by atoms with E-state index in [-0.39, 0.29) is 5.69 Å². The van der Waals surface area contributed by atoms with E-state index in [2.05, 4.69) is 0 Å². The highest BCUT2D eigenvalue weighted by Gasteiger charge is 2.52. The molecule has 0 radical (unpaired) electrons. The number of nitro groups is 1. The fraction of sp³-hybridized carbons (Fsp3) is 0.368. The zero-order valence-corrected chi connectivity index (χ0v) is 15.4. The van der Waals surface area contributed by atoms with E-state index >= 15 is 0 Å². The van der Waals surface area contributed by atoms with Crippen LogP contribution in [0.25, 0.3) is 0 Å². The van der Waals surface area contributed by atoms with Crippen LogP contribution in [0, 0.1) is 10.1 Å². The molecule has 26 heavy (non-hydrogen) atoms. The third kappa shape index (κ3) is 3.74. The second-order valence-electron chi connectivity index (χ2n) is 7.38. The second-order valence-corrected chi connectivity index (χ2v) is 7.38. The summed E-state index contributed by atoms with van der Waals surface area (Å²) in [6, 6.07) is 14.3. The number of rotatable bonds is 5. The predicted octanol–water partition coefficient (Wildman–Crippen LogP) is 3.47. The second kappa shape index (κ2) is 6.74. The van der Waals surface area contributed by atoms with Crippen molar-refractivity contribution in [2.45, 2.75) is 45.5 Å².